The molecule has 0 heterocycles. The third-order valence-electron chi connectivity index (χ3n) is 2.30. The van der Waals surface area contributed by atoms with Gasteiger partial charge in [-0.15, -0.1) is 0 Å². The van der Waals surface area contributed by atoms with Crippen molar-refractivity contribution in [3.05, 3.63) is 62.0 Å². The van der Waals surface area contributed by atoms with Gasteiger partial charge in [0.25, 0.3) is 5.69 Å². The maximum absolute atomic E-state index is 13.4. The minimum Gasteiger partial charge on any atom is -0.353 e. The second-order valence-electron chi connectivity index (χ2n) is 3.53. The Bertz CT molecular complexity index is 604. The van der Waals surface area contributed by atoms with Gasteiger partial charge in [-0.05, 0) is 46.9 Å². The fraction of sp³-hybridized carbons (Fsp3) is 0. The van der Waals surface area contributed by atoms with Crippen LogP contribution >= 0.6 is 22.6 Å². The van der Waals surface area contributed by atoms with Crippen LogP contribution in [0.25, 0.3) is 0 Å². The maximum atomic E-state index is 13.4. The van der Waals surface area contributed by atoms with E-state index in [0.717, 1.165) is 0 Å². The number of nitrogens with zero attached hydrogens (tertiary/aromatic N) is 1. The highest BCUT2D eigenvalue weighted by Crippen LogP contribution is 2.26. The Hall–Kier alpha value is -1.70. The van der Waals surface area contributed by atoms with E-state index in [9.17, 15) is 14.5 Å². The molecule has 0 aliphatic carbocycles. The molecule has 0 aromatic heterocycles. The molecular weight excluding hydrogens is 350 g/mol. The molecular formula is C12H8FIN2O2. The first-order chi connectivity index (χ1) is 8.58. The number of hydrogen-bond donors (Lipinski definition) is 1. The molecule has 0 unspecified atom stereocenters. The smallest absolute Gasteiger partial charge is 0.282 e. The third-order valence-corrected chi connectivity index (χ3v) is 3.16. The molecule has 0 radical (unpaired) electrons. The SMILES string of the molecule is O=[N+]([O-])c1ccc(Nc2ccccc2F)cc1I. The summed E-state index contributed by atoms with van der Waals surface area (Å²) < 4.78 is 13.9. The third kappa shape index (κ3) is 2.76. The van der Waals surface area contributed by atoms with Crippen molar-refractivity contribution in [2.75, 3.05) is 5.32 Å². The van der Waals surface area contributed by atoms with Crippen LogP contribution < -0.4 is 5.32 Å². The predicted molar refractivity (Wildman–Crippen MR) is 75.5 cm³/mol. The predicted octanol–water partition coefficient (Wildman–Crippen LogP) is 4.08. The Balaban J connectivity index is 2.29. The fourth-order valence-corrected chi connectivity index (χ4v) is 2.16. The molecule has 0 saturated heterocycles. The molecule has 0 saturated carbocycles. The molecule has 0 aliphatic heterocycles. The van der Waals surface area contributed by atoms with Crippen molar-refractivity contribution in [2.24, 2.45) is 0 Å². The van der Waals surface area contributed by atoms with Gasteiger partial charge in [0.05, 0.1) is 14.2 Å². The minimum atomic E-state index is -0.450. The van der Waals surface area contributed by atoms with Gasteiger partial charge in [-0.2, -0.15) is 0 Å². The number of rotatable bonds is 3. The number of nitro benzene ring substituents is 1. The summed E-state index contributed by atoms with van der Waals surface area (Å²) in [5.41, 5.74) is 0.979. The van der Waals surface area contributed by atoms with Crippen LogP contribution in [0.1, 0.15) is 0 Å². The highest BCUT2D eigenvalue weighted by molar-refractivity contribution is 14.1. The van der Waals surface area contributed by atoms with Crippen molar-refractivity contribution in [1.29, 1.82) is 0 Å². The van der Waals surface area contributed by atoms with E-state index in [0.29, 0.717) is 14.9 Å². The zero-order chi connectivity index (χ0) is 13.1. The Morgan fingerprint density at radius 3 is 2.56 bits per heavy atom. The first-order valence-corrected chi connectivity index (χ1v) is 6.11. The van der Waals surface area contributed by atoms with Gasteiger partial charge in [0.2, 0.25) is 0 Å². The lowest BCUT2D eigenvalue weighted by Crippen LogP contribution is -1.96. The molecule has 0 aliphatic rings. The summed E-state index contributed by atoms with van der Waals surface area (Å²) >= 11 is 1.88. The number of anilines is 2. The van der Waals surface area contributed by atoms with Crippen molar-refractivity contribution in [3.63, 3.8) is 0 Å². The number of para-hydroxylation sites is 1. The standard InChI is InChI=1S/C12H8FIN2O2/c13-9-3-1-2-4-11(9)15-8-5-6-12(16(17)18)10(14)7-8/h1-7,15H. The molecule has 6 heteroatoms. The average molecular weight is 358 g/mol. The molecule has 0 amide bonds. The Morgan fingerprint density at radius 1 is 1.22 bits per heavy atom. The zero-order valence-electron chi connectivity index (χ0n) is 9.06. The molecule has 92 valence electrons. The molecule has 1 N–H and O–H groups in total. The van der Waals surface area contributed by atoms with Crippen LogP contribution in [0.5, 0.6) is 0 Å². The van der Waals surface area contributed by atoms with Crippen LogP contribution in [0.2, 0.25) is 0 Å². The van der Waals surface area contributed by atoms with Crippen molar-refractivity contribution >= 4 is 39.7 Å². The number of benzene rings is 2. The fourth-order valence-electron chi connectivity index (χ4n) is 1.45. The van der Waals surface area contributed by atoms with Crippen molar-refractivity contribution in [2.45, 2.75) is 0 Å². The lowest BCUT2D eigenvalue weighted by atomic mass is 10.2. The van der Waals surface area contributed by atoms with Crippen LogP contribution in [-0.4, -0.2) is 4.92 Å². The summed E-state index contributed by atoms with van der Waals surface area (Å²) in [5.74, 6) is -0.370. The van der Waals surface area contributed by atoms with Crippen LogP contribution in [0.4, 0.5) is 21.5 Å². The van der Waals surface area contributed by atoms with E-state index in [2.05, 4.69) is 5.32 Å². The second kappa shape index (κ2) is 5.30. The lowest BCUT2D eigenvalue weighted by Gasteiger charge is -2.07. The molecule has 0 spiro atoms. The van der Waals surface area contributed by atoms with E-state index in [1.165, 1.54) is 12.1 Å². The molecule has 0 fully saturated rings. The second-order valence-corrected chi connectivity index (χ2v) is 4.69. The summed E-state index contributed by atoms with van der Waals surface area (Å²) in [6.45, 7) is 0. The van der Waals surface area contributed by atoms with Crippen LogP contribution in [0.15, 0.2) is 42.5 Å². The van der Waals surface area contributed by atoms with E-state index in [-0.39, 0.29) is 11.5 Å². The van der Waals surface area contributed by atoms with Crippen LogP contribution in [-0.2, 0) is 0 Å². The molecule has 18 heavy (non-hydrogen) atoms. The lowest BCUT2D eigenvalue weighted by molar-refractivity contribution is -0.385. The van der Waals surface area contributed by atoms with Gasteiger partial charge in [-0.25, -0.2) is 4.39 Å². The summed E-state index contributed by atoms with van der Waals surface area (Å²) in [6.07, 6.45) is 0. The normalized spacial score (nSPS) is 10.1. The summed E-state index contributed by atoms with van der Waals surface area (Å²) in [4.78, 5) is 10.2. The summed E-state index contributed by atoms with van der Waals surface area (Å²) in [7, 11) is 0. The zero-order valence-corrected chi connectivity index (χ0v) is 11.2. The highest BCUT2D eigenvalue weighted by atomic mass is 127. The van der Waals surface area contributed by atoms with Gasteiger partial charge in [-0.1, -0.05) is 12.1 Å². The Morgan fingerprint density at radius 2 is 1.94 bits per heavy atom. The van der Waals surface area contributed by atoms with E-state index in [1.807, 2.05) is 22.6 Å². The largest absolute Gasteiger partial charge is 0.353 e. The summed E-state index contributed by atoms with van der Waals surface area (Å²) in [6, 6.07) is 10.8. The number of halogens is 2. The topological polar surface area (TPSA) is 55.2 Å². The van der Waals surface area contributed by atoms with Gasteiger partial charge in [0.1, 0.15) is 5.82 Å². The van der Waals surface area contributed by atoms with Crippen LogP contribution in [0.3, 0.4) is 0 Å². The quantitative estimate of drug-likeness (QED) is 0.511. The number of nitro groups is 1. The molecule has 0 bridgehead atoms. The molecule has 2 rings (SSSR count). The Kier molecular flexibility index (Phi) is 3.75. The molecule has 0 atom stereocenters. The van der Waals surface area contributed by atoms with E-state index in [1.54, 1.807) is 30.3 Å². The monoisotopic (exact) mass is 358 g/mol. The van der Waals surface area contributed by atoms with E-state index < -0.39 is 4.92 Å². The molecule has 4 nitrogen and oxygen atoms in total. The highest BCUT2D eigenvalue weighted by Gasteiger charge is 2.11. The van der Waals surface area contributed by atoms with Crippen molar-refractivity contribution in [3.8, 4) is 0 Å². The van der Waals surface area contributed by atoms with Crippen molar-refractivity contribution < 1.29 is 9.31 Å². The van der Waals surface area contributed by atoms with E-state index >= 15 is 0 Å². The first-order valence-electron chi connectivity index (χ1n) is 5.03. The van der Waals surface area contributed by atoms with Gasteiger partial charge < -0.3 is 5.32 Å². The average Bonchev–Trinajstić information content (AvgIpc) is 2.32. The first kappa shape index (κ1) is 12.7. The van der Waals surface area contributed by atoms with Gasteiger partial charge in [-0.3, -0.25) is 10.1 Å². The summed E-state index contributed by atoms with van der Waals surface area (Å²) in [5, 5.41) is 13.5. The number of hydrogen-bond acceptors (Lipinski definition) is 3. The number of nitrogens with one attached hydrogen (secondary N) is 1. The minimum absolute atomic E-state index is 0.0367. The van der Waals surface area contributed by atoms with E-state index in [4.69, 9.17) is 0 Å². The van der Waals surface area contributed by atoms with Gasteiger partial charge in [0.15, 0.2) is 0 Å². The van der Waals surface area contributed by atoms with Gasteiger partial charge in [0, 0.05) is 11.8 Å². The molecule has 2 aromatic rings. The molecule has 2 aromatic carbocycles. The van der Waals surface area contributed by atoms with Crippen molar-refractivity contribution in [1.82, 2.24) is 0 Å². The maximum Gasteiger partial charge on any atom is 0.282 e. The van der Waals surface area contributed by atoms with Gasteiger partial charge >= 0.3 is 0 Å². The van der Waals surface area contributed by atoms with Crippen LogP contribution in [0, 0.1) is 19.5 Å². The Labute approximate surface area is 116 Å².